The van der Waals surface area contributed by atoms with Gasteiger partial charge in [-0.25, -0.2) is 4.40 Å². The molecule has 1 aliphatic rings. The third kappa shape index (κ3) is 3.57. The second kappa shape index (κ2) is 8.36. The molecule has 0 unspecified atom stereocenters. The highest BCUT2D eigenvalue weighted by Crippen LogP contribution is 2.38. The molecule has 0 spiro atoms. The Kier molecular flexibility index (Phi) is 5.25. The summed E-state index contributed by atoms with van der Waals surface area (Å²) in [5.74, 6) is 0.731. The number of hydrogen-bond acceptors (Lipinski definition) is 5. The van der Waals surface area contributed by atoms with E-state index in [1.807, 2.05) is 72.8 Å². The third-order valence-corrected chi connectivity index (χ3v) is 6.23. The summed E-state index contributed by atoms with van der Waals surface area (Å²) in [4.78, 5) is 14.4. The summed E-state index contributed by atoms with van der Waals surface area (Å²) in [6.07, 6.45) is 1.78. The lowest BCUT2D eigenvalue weighted by Gasteiger charge is -2.19. The van der Waals surface area contributed by atoms with Crippen molar-refractivity contribution in [1.82, 2.24) is 0 Å². The maximum atomic E-state index is 13.4. The van der Waals surface area contributed by atoms with Crippen molar-refractivity contribution in [1.29, 1.82) is 0 Å². The minimum atomic E-state index is -0.124. The molecular formula is C27H19NO3S. The molecule has 4 nitrogen and oxygen atoms in total. The number of fused-ring (bicyclic) bond motifs is 2. The lowest BCUT2D eigenvalue weighted by atomic mass is 9.84. The average Bonchev–Trinajstić information content (AvgIpc) is 2.84. The van der Waals surface area contributed by atoms with E-state index in [4.69, 9.17) is 9.13 Å². The molecule has 0 atom stereocenters. The molecular weight excluding hydrogens is 418 g/mol. The average molecular weight is 438 g/mol. The van der Waals surface area contributed by atoms with Gasteiger partial charge in [0.1, 0.15) is 11.5 Å². The predicted molar refractivity (Wildman–Crippen MR) is 130 cm³/mol. The number of hydrogen-bond donors (Lipinski definition) is 1. The smallest absolute Gasteiger partial charge is 0.194 e. The molecule has 0 aromatic heterocycles. The number of carbonyl (C=O) groups is 1. The molecule has 0 aliphatic heterocycles. The van der Waals surface area contributed by atoms with E-state index < -0.39 is 0 Å². The van der Waals surface area contributed by atoms with Gasteiger partial charge in [0.2, 0.25) is 0 Å². The zero-order valence-corrected chi connectivity index (χ0v) is 18.1. The number of ketones is 1. The lowest BCUT2D eigenvalue weighted by Crippen LogP contribution is -2.16. The molecule has 0 saturated carbocycles. The summed E-state index contributed by atoms with van der Waals surface area (Å²) in [5.41, 5.74) is 3.01. The fourth-order valence-electron chi connectivity index (χ4n) is 3.87. The van der Waals surface area contributed by atoms with E-state index in [0.29, 0.717) is 22.4 Å². The topological polar surface area (TPSA) is 58.9 Å². The normalized spacial score (nSPS) is 14.3. The van der Waals surface area contributed by atoms with Crippen LogP contribution in [0.2, 0.25) is 0 Å². The molecule has 5 heteroatoms. The van der Waals surface area contributed by atoms with E-state index in [1.165, 1.54) is 11.9 Å². The van der Waals surface area contributed by atoms with Crippen LogP contribution in [0.25, 0.3) is 16.3 Å². The van der Waals surface area contributed by atoms with E-state index in [1.54, 1.807) is 25.3 Å². The van der Waals surface area contributed by atoms with Gasteiger partial charge < -0.3 is 9.84 Å². The number of allylic oxidation sites excluding steroid dienone is 2. The minimum absolute atomic E-state index is 0.0739. The van der Waals surface area contributed by atoms with Gasteiger partial charge in [-0.3, -0.25) is 4.79 Å². The van der Waals surface area contributed by atoms with E-state index in [2.05, 4.69) is 0 Å². The van der Waals surface area contributed by atoms with Crippen LogP contribution in [0.5, 0.6) is 11.5 Å². The molecule has 1 aliphatic carbocycles. The van der Waals surface area contributed by atoms with Crippen LogP contribution in [0, 0.1) is 0 Å². The number of carbonyl (C=O) groups excluding carboxylic acids is 1. The van der Waals surface area contributed by atoms with Crippen LogP contribution < -0.4 is 4.74 Å². The van der Waals surface area contributed by atoms with Crippen LogP contribution in [-0.2, 0) is 0 Å². The third-order valence-electron chi connectivity index (χ3n) is 5.46. The van der Waals surface area contributed by atoms with Gasteiger partial charge in [-0.1, -0.05) is 54.6 Å². The minimum Gasteiger partial charge on any atom is -0.507 e. The van der Waals surface area contributed by atoms with Crippen molar-refractivity contribution < 1.29 is 14.6 Å². The van der Waals surface area contributed by atoms with Gasteiger partial charge in [-0.05, 0) is 47.2 Å². The molecule has 4 aromatic carbocycles. The highest BCUT2D eigenvalue weighted by atomic mass is 32.2. The van der Waals surface area contributed by atoms with Crippen molar-refractivity contribution in [3.05, 3.63) is 108 Å². The zero-order chi connectivity index (χ0) is 22.1. The van der Waals surface area contributed by atoms with Crippen molar-refractivity contribution in [3.8, 4) is 11.5 Å². The van der Waals surface area contributed by atoms with Gasteiger partial charge in [0.05, 0.1) is 12.8 Å². The second-order valence-corrected chi connectivity index (χ2v) is 8.19. The number of methoxy groups -OCH3 is 1. The molecule has 0 amide bonds. The van der Waals surface area contributed by atoms with Gasteiger partial charge in [0.15, 0.2) is 5.78 Å². The molecule has 32 heavy (non-hydrogen) atoms. The van der Waals surface area contributed by atoms with E-state index in [9.17, 15) is 9.90 Å². The Morgan fingerprint density at radius 3 is 2.34 bits per heavy atom. The number of benzene rings is 4. The molecule has 0 saturated heterocycles. The van der Waals surface area contributed by atoms with Crippen LogP contribution in [0.15, 0.2) is 100 Å². The Labute approximate surface area is 190 Å². The molecule has 0 fully saturated rings. The zero-order valence-electron chi connectivity index (χ0n) is 17.3. The van der Waals surface area contributed by atoms with Crippen molar-refractivity contribution in [2.75, 3.05) is 7.11 Å². The second-order valence-electron chi connectivity index (χ2n) is 7.36. The van der Waals surface area contributed by atoms with E-state index in [-0.39, 0.29) is 11.5 Å². The Morgan fingerprint density at radius 2 is 1.56 bits per heavy atom. The first-order valence-corrected chi connectivity index (χ1v) is 10.9. The number of aromatic hydroxyl groups is 1. The van der Waals surface area contributed by atoms with Crippen LogP contribution in [-0.4, -0.2) is 23.7 Å². The Bertz CT molecular complexity index is 1400. The van der Waals surface area contributed by atoms with Crippen molar-refractivity contribution in [2.45, 2.75) is 4.90 Å². The summed E-state index contributed by atoms with van der Waals surface area (Å²) in [6.45, 7) is 0. The first kappa shape index (κ1) is 20.1. The van der Waals surface area contributed by atoms with Crippen LogP contribution in [0.1, 0.15) is 21.5 Å². The van der Waals surface area contributed by atoms with Gasteiger partial charge in [-0.2, -0.15) is 0 Å². The number of Topliss-reactive ketones (excluding diaryl/α,β-unsaturated/α-hetero) is 1. The van der Waals surface area contributed by atoms with Crippen molar-refractivity contribution >= 4 is 39.8 Å². The van der Waals surface area contributed by atoms with Gasteiger partial charge in [0.25, 0.3) is 0 Å². The standard InChI is InChI=1S/C27H19NO3S/c1-31-18-11-13-19(14-12-18)32-28-24-16-23(27(30)22-9-5-4-8-21(22)24)26-20-7-3-2-6-17(20)10-15-25(26)29/h2-16,29H,1H3/b28-24-. The summed E-state index contributed by atoms with van der Waals surface area (Å²) in [6, 6.07) is 26.3. The van der Waals surface area contributed by atoms with Crippen molar-refractivity contribution in [2.24, 2.45) is 4.40 Å². The van der Waals surface area contributed by atoms with Gasteiger partial charge in [-0.15, -0.1) is 0 Å². The fraction of sp³-hybridized carbons (Fsp3) is 0.0370. The molecule has 0 bridgehead atoms. The van der Waals surface area contributed by atoms with Gasteiger partial charge in [0, 0.05) is 39.1 Å². The Hall–Kier alpha value is -3.83. The number of ether oxygens (including phenoxy) is 1. The fourth-order valence-corrected chi connectivity index (χ4v) is 4.48. The van der Waals surface area contributed by atoms with Crippen LogP contribution in [0.3, 0.4) is 0 Å². The predicted octanol–water partition coefficient (Wildman–Crippen LogP) is 6.33. The lowest BCUT2D eigenvalue weighted by molar-refractivity contribution is 0.105. The van der Waals surface area contributed by atoms with Crippen LogP contribution >= 0.6 is 11.9 Å². The summed E-state index contributed by atoms with van der Waals surface area (Å²) in [7, 11) is 1.63. The highest BCUT2D eigenvalue weighted by Gasteiger charge is 2.27. The first-order chi connectivity index (χ1) is 15.7. The number of nitrogens with zero attached hydrogens (tertiary/aromatic N) is 1. The Balaban J connectivity index is 1.65. The molecule has 5 rings (SSSR count). The van der Waals surface area contributed by atoms with Crippen LogP contribution in [0.4, 0.5) is 0 Å². The summed E-state index contributed by atoms with van der Waals surface area (Å²) >= 11 is 1.33. The number of phenolic OH excluding ortho intramolecular Hbond substituents is 1. The number of phenols is 1. The highest BCUT2D eigenvalue weighted by molar-refractivity contribution is 7.98. The molecule has 156 valence electrons. The molecule has 0 heterocycles. The molecule has 1 N–H and O–H groups in total. The SMILES string of the molecule is COc1ccc(S/N=C2/C=C(c3c(O)ccc4ccccc34)C(=O)c3ccccc32)cc1. The van der Waals surface area contributed by atoms with E-state index in [0.717, 1.165) is 27.0 Å². The monoisotopic (exact) mass is 437 g/mol. The van der Waals surface area contributed by atoms with Crippen molar-refractivity contribution in [3.63, 3.8) is 0 Å². The Morgan fingerprint density at radius 1 is 0.844 bits per heavy atom. The van der Waals surface area contributed by atoms with Gasteiger partial charge >= 0.3 is 0 Å². The summed E-state index contributed by atoms with van der Waals surface area (Å²) in [5, 5.41) is 12.5. The maximum absolute atomic E-state index is 13.4. The summed E-state index contributed by atoms with van der Waals surface area (Å²) < 4.78 is 9.97. The maximum Gasteiger partial charge on any atom is 0.194 e. The largest absolute Gasteiger partial charge is 0.507 e. The first-order valence-electron chi connectivity index (χ1n) is 10.1. The molecule has 0 radical (unpaired) electrons. The van der Waals surface area contributed by atoms with E-state index >= 15 is 0 Å². The molecule has 4 aromatic rings. The quantitative estimate of drug-likeness (QED) is 0.379. The number of rotatable bonds is 4.